The summed E-state index contributed by atoms with van der Waals surface area (Å²) in [5.41, 5.74) is -0.0727. The van der Waals surface area contributed by atoms with Crippen molar-refractivity contribution < 1.29 is 23.9 Å². The molecule has 1 aromatic carbocycles. The van der Waals surface area contributed by atoms with Crippen molar-refractivity contribution in [3.8, 4) is 0 Å². The quantitative estimate of drug-likeness (QED) is 0.500. The zero-order valence-corrected chi connectivity index (χ0v) is 21.7. The molecule has 10 heteroatoms. The number of benzene rings is 1. The summed E-state index contributed by atoms with van der Waals surface area (Å²) in [6.07, 6.45) is 5.70. The van der Waals surface area contributed by atoms with Crippen LogP contribution in [0.25, 0.3) is 0 Å². The van der Waals surface area contributed by atoms with Gasteiger partial charge in [-0.15, -0.1) is 0 Å². The maximum Gasteiger partial charge on any atom is 0.338 e. The van der Waals surface area contributed by atoms with E-state index in [2.05, 4.69) is 15.7 Å². The third-order valence-corrected chi connectivity index (χ3v) is 7.08. The van der Waals surface area contributed by atoms with E-state index in [0.29, 0.717) is 17.8 Å². The number of nitrogens with one attached hydrogen (secondary N) is 2. The highest BCUT2D eigenvalue weighted by Crippen LogP contribution is 2.29. The Labute approximate surface area is 216 Å². The average molecular weight is 510 g/mol. The molecule has 198 valence electrons. The smallest absolute Gasteiger partial charge is 0.338 e. The van der Waals surface area contributed by atoms with Gasteiger partial charge in [-0.1, -0.05) is 32.3 Å². The minimum atomic E-state index is -1.12. The first-order valence-electron chi connectivity index (χ1n) is 13.1. The number of nitrogens with zero attached hydrogens (tertiary/aromatic N) is 3. The highest BCUT2D eigenvalue weighted by molar-refractivity contribution is 6.06. The third kappa shape index (κ3) is 5.52. The van der Waals surface area contributed by atoms with E-state index in [4.69, 9.17) is 4.74 Å². The van der Waals surface area contributed by atoms with Crippen molar-refractivity contribution in [3.05, 3.63) is 47.3 Å². The van der Waals surface area contributed by atoms with Crippen LogP contribution in [0.1, 0.15) is 90.6 Å². The lowest BCUT2D eigenvalue weighted by Crippen LogP contribution is -2.65. The van der Waals surface area contributed by atoms with Crippen LogP contribution in [0.5, 0.6) is 0 Å². The fourth-order valence-corrected chi connectivity index (χ4v) is 4.96. The molecule has 0 radical (unpaired) electrons. The molecule has 2 heterocycles. The number of fused-ring (bicyclic) bond motifs is 1. The first kappa shape index (κ1) is 26.4. The van der Waals surface area contributed by atoms with E-state index in [-0.39, 0.29) is 42.4 Å². The Bertz CT molecular complexity index is 1190. The maximum absolute atomic E-state index is 13.6. The van der Waals surface area contributed by atoms with E-state index >= 15 is 0 Å². The third-order valence-electron chi connectivity index (χ3n) is 7.08. The Hall–Kier alpha value is -3.69. The van der Waals surface area contributed by atoms with Gasteiger partial charge in [0.25, 0.3) is 11.8 Å². The topological polar surface area (TPSA) is 123 Å². The first-order chi connectivity index (χ1) is 17.8. The molecule has 1 aliphatic heterocycles. The standard InChI is InChI=1S/C27H35N5O5/c1-4-6-14-31-24(34)22-16-21(23(33)28-20-13-9-10-18(15-20)25(35)37-5-2)30-32(22)17-27(31,3)26(36)29-19-11-7-8-12-19/h9-10,13,15-16,19H,4-8,11-12,14,17H2,1-3H3,(H,28,33)(H,29,36)/t27-/m1/s1. The van der Waals surface area contributed by atoms with Gasteiger partial charge in [0.05, 0.1) is 18.7 Å². The SMILES string of the molecule is CCCCN1C(=O)c2cc(C(=O)Nc3cccc(C(=O)OCC)c3)nn2C[C@]1(C)C(=O)NC1CCCC1. The number of unbranched alkanes of at least 4 members (excludes halogenated alkanes) is 1. The molecule has 1 fully saturated rings. The molecular weight excluding hydrogens is 474 g/mol. The number of ether oxygens (including phenoxy) is 1. The van der Waals surface area contributed by atoms with Crippen LogP contribution in [0.3, 0.4) is 0 Å². The molecule has 3 amide bonds. The van der Waals surface area contributed by atoms with Crippen LogP contribution >= 0.6 is 0 Å². The summed E-state index contributed by atoms with van der Waals surface area (Å²) in [6.45, 7) is 6.37. The van der Waals surface area contributed by atoms with E-state index in [1.807, 2.05) is 6.92 Å². The predicted molar refractivity (Wildman–Crippen MR) is 137 cm³/mol. The lowest BCUT2D eigenvalue weighted by Gasteiger charge is -2.43. The summed E-state index contributed by atoms with van der Waals surface area (Å²) in [5.74, 6) is -1.51. The Kier molecular flexibility index (Phi) is 7.94. The summed E-state index contributed by atoms with van der Waals surface area (Å²) in [5, 5.41) is 10.3. The largest absolute Gasteiger partial charge is 0.462 e. The molecule has 4 rings (SSSR count). The summed E-state index contributed by atoms with van der Waals surface area (Å²) < 4.78 is 6.48. The second-order valence-electron chi connectivity index (χ2n) is 9.87. The second kappa shape index (κ2) is 11.1. The van der Waals surface area contributed by atoms with Crippen LogP contribution in [0.2, 0.25) is 0 Å². The fourth-order valence-electron chi connectivity index (χ4n) is 4.96. The highest BCUT2D eigenvalue weighted by Gasteiger charge is 2.48. The molecule has 10 nitrogen and oxygen atoms in total. The second-order valence-corrected chi connectivity index (χ2v) is 9.87. The van der Waals surface area contributed by atoms with Crippen molar-refractivity contribution >= 4 is 29.4 Å². The fraction of sp³-hybridized carbons (Fsp3) is 0.519. The number of rotatable bonds is 9. The minimum Gasteiger partial charge on any atom is -0.462 e. The number of hydrogen-bond donors (Lipinski definition) is 2. The molecule has 0 bridgehead atoms. The van der Waals surface area contributed by atoms with E-state index in [9.17, 15) is 19.2 Å². The van der Waals surface area contributed by atoms with Crippen LogP contribution in [0.4, 0.5) is 5.69 Å². The number of aromatic nitrogens is 2. The van der Waals surface area contributed by atoms with E-state index < -0.39 is 17.4 Å². The molecule has 2 N–H and O–H groups in total. The van der Waals surface area contributed by atoms with Crippen molar-refractivity contribution in [2.45, 2.75) is 77.4 Å². The molecule has 1 aromatic heterocycles. The Morgan fingerprint density at radius 2 is 1.92 bits per heavy atom. The summed E-state index contributed by atoms with van der Waals surface area (Å²) in [4.78, 5) is 53.7. The van der Waals surface area contributed by atoms with Crippen molar-refractivity contribution in [1.29, 1.82) is 0 Å². The van der Waals surface area contributed by atoms with Crippen LogP contribution in [0, 0.1) is 0 Å². The zero-order chi connectivity index (χ0) is 26.6. The van der Waals surface area contributed by atoms with Crippen LogP contribution < -0.4 is 10.6 Å². The molecule has 2 aliphatic rings. The Balaban J connectivity index is 1.56. The number of esters is 1. The van der Waals surface area contributed by atoms with Crippen molar-refractivity contribution in [1.82, 2.24) is 20.0 Å². The number of carbonyl (C=O) groups excluding carboxylic acids is 4. The number of anilines is 1. The van der Waals surface area contributed by atoms with Gasteiger partial charge in [-0.2, -0.15) is 5.10 Å². The highest BCUT2D eigenvalue weighted by atomic mass is 16.5. The van der Waals surface area contributed by atoms with Gasteiger partial charge >= 0.3 is 5.97 Å². The zero-order valence-electron chi connectivity index (χ0n) is 21.7. The van der Waals surface area contributed by atoms with Gasteiger partial charge in [-0.3, -0.25) is 19.1 Å². The van der Waals surface area contributed by atoms with E-state index in [0.717, 1.165) is 38.5 Å². The van der Waals surface area contributed by atoms with Crippen molar-refractivity contribution in [2.75, 3.05) is 18.5 Å². The van der Waals surface area contributed by atoms with Gasteiger partial charge in [0.2, 0.25) is 5.91 Å². The Morgan fingerprint density at radius 3 is 2.62 bits per heavy atom. The molecule has 1 atom stereocenters. The molecule has 0 unspecified atom stereocenters. The van der Waals surface area contributed by atoms with Crippen molar-refractivity contribution in [2.24, 2.45) is 0 Å². The number of carbonyl (C=O) groups is 4. The van der Waals surface area contributed by atoms with Gasteiger partial charge in [-0.25, -0.2) is 4.79 Å². The minimum absolute atomic E-state index is 0.0563. The van der Waals surface area contributed by atoms with Gasteiger partial charge in [0.15, 0.2) is 5.69 Å². The molecule has 2 aromatic rings. The number of hydrogen-bond acceptors (Lipinski definition) is 6. The van der Waals surface area contributed by atoms with Gasteiger partial charge in [0, 0.05) is 24.3 Å². The monoisotopic (exact) mass is 509 g/mol. The lowest BCUT2D eigenvalue weighted by atomic mass is 9.94. The molecular formula is C27H35N5O5. The number of amides is 3. The van der Waals surface area contributed by atoms with Gasteiger partial charge in [0.1, 0.15) is 11.2 Å². The van der Waals surface area contributed by atoms with E-state index in [1.54, 1.807) is 36.9 Å². The predicted octanol–water partition coefficient (Wildman–Crippen LogP) is 3.39. The van der Waals surface area contributed by atoms with Crippen LogP contribution in [-0.4, -0.2) is 63.1 Å². The van der Waals surface area contributed by atoms with Gasteiger partial charge < -0.3 is 20.3 Å². The molecule has 1 saturated carbocycles. The summed E-state index contributed by atoms with van der Waals surface area (Å²) in [6, 6.07) is 8.00. The average Bonchev–Trinajstić information content (AvgIpc) is 3.54. The summed E-state index contributed by atoms with van der Waals surface area (Å²) >= 11 is 0. The van der Waals surface area contributed by atoms with Crippen LogP contribution in [0.15, 0.2) is 30.3 Å². The molecule has 1 aliphatic carbocycles. The molecule has 0 saturated heterocycles. The molecule has 0 spiro atoms. The first-order valence-corrected chi connectivity index (χ1v) is 13.1. The van der Waals surface area contributed by atoms with Crippen molar-refractivity contribution in [3.63, 3.8) is 0 Å². The maximum atomic E-state index is 13.6. The molecule has 37 heavy (non-hydrogen) atoms. The van der Waals surface area contributed by atoms with E-state index in [1.165, 1.54) is 16.8 Å². The van der Waals surface area contributed by atoms with Gasteiger partial charge in [-0.05, 0) is 51.3 Å². The van der Waals surface area contributed by atoms with Crippen LogP contribution in [-0.2, 0) is 16.1 Å². The Morgan fingerprint density at radius 1 is 1.16 bits per heavy atom. The normalized spacial score (nSPS) is 19.4. The summed E-state index contributed by atoms with van der Waals surface area (Å²) in [7, 11) is 0. The lowest BCUT2D eigenvalue weighted by molar-refractivity contribution is -0.133.